The van der Waals surface area contributed by atoms with E-state index in [1.807, 2.05) is 11.0 Å². The van der Waals surface area contributed by atoms with E-state index in [-0.39, 0.29) is 29.6 Å². The van der Waals surface area contributed by atoms with Crippen molar-refractivity contribution >= 4 is 10.1 Å². The van der Waals surface area contributed by atoms with Crippen LogP contribution < -0.4 is 29.6 Å². The second-order valence-electron chi connectivity index (χ2n) is 11.0. The van der Waals surface area contributed by atoms with Gasteiger partial charge in [0.05, 0.1) is 0 Å². The Hall–Kier alpha value is 0.190. The average Bonchev–Trinajstić information content (AvgIpc) is 3.38. The van der Waals surface area contributed by atoms with Crippen molar-refractivity contribution in [3.63, 3.8) is 0 Å². The van der Waals surface area contributed by atoms with Gasteiger partial charge < -0.3 is 9.45 Å². The van der Waals surface area contributed by atoms with E-state index in [1.165, 1.54) is 128 Å². The van der Waals surface area contributed by atoms with Gasteiger partial charge in [-0.05, 0) is 18.6 Å². The van der Waals surface area contributed by atoms with Crippen LogP contribution in [0.2, 0.25) is 0 Å². The van der Waals surface area contributed by atoms with Crippen LogP contribution in [-0.2, 0) is 10.1 Å². The van der Waals surface area contributed by atoms with E-state index in [1.54, 1.807) is 12.2 Å². The number of nitrogens with zero attached hydrogens (tertiary/aromatic N) is 1. The van der Waals surface area contributed by atoms with Crippen molar-refractivity contribution in [3.8, 4) is 0 Å². The molecule has 1 atom stereocenters. The van der Waals surface area contributed by atoms with Crippen molar-refractivity contribution in [1.29, 1.82) is 0 Å². The van der Waals surface area contributed by atoms with Gasteiger partial charge in [0.25, 0.3) is 0 Å². The monoisotopic (exact) mass is 531 g/mol. The zero-order chi connectivity index (χ0) is 25.2. The molecule has 0 amide bonds. The van der Waals surface area contributed by atoms with E-state index in [2.05, 4.69) is 6.92 Å². The van der Waals surface area contributed by atoms with Gasteiger partial charge >= 0.3 is 29.6 Å². The Bertz CT molecular complexity index is 722. The molecule has 204 valence electrons. The summed E-state index contributed by atoms with van der Waals surface area (Å²) in [6.45, 7) is 2.95. The number of unbranched alkanes of at least 4 members (excludes halogenated alkanes) is 21. The van der Waals surface area contributed by atoms with Gasteiger partial charge in [-0.1, -0.05) is 148 Å². The van der Waals surface area contributed by atoms with Gasteiger partial charge in [0, 0.05) is 18.7 Å². The predicted molar refractivity (Wildman–Crippen MR) is 148 cm³/mol. The Morgan fingerprint density at radius 1 is 0.694 bits per heavy atom. The van der Waals surface area contributed by atoms with Crippen LogP contribution >= 0.6 is 0 Å². The quantitative estimate of drug-likeness (QED) is 0.0872. The smallest absolute Gasteiger partial charge is 0.746 e. The number of fused-ring (bicyclic) bond motifs is 2. The molecule has 4 nitrogen and oxygen atoms in total. The SMILES string of the molecule is CCCCCCCCCCCCCCCCCCCCCCCCN1C2=CCC1(S(=O)(=O)[O-])C=C2.[Na+]. The van der Waals surface area contributed by atoms with Crippen molar-refractivity contribution in [2.75, 3.05) is 6.54 Å². The molecule has 2 aliphatic heterocycles. The Kier molecular flexibility index (Phi) is 19.1. The summed E-state index contributed by atoms with van der Waals surface area (Å²) in [6.07, 6.45) is 35.5. The number of hydrogen-bond acceptors (Lipinski definition) is 4. The topological polar surface area (TPSA) is 60.4 Å². The van der Waals surface area contributed by atoms with Gasteiger partial charge in [0.1, 0.15) is 10.1 Å². The van der Waals surface area contributed by atoms with Crippen molar-refractivity contribution in [3.05, 3.63) is 23.9 Å². The molecule has 2 heterocycles. The van der Waals surface area contributed by atoms with Crippen molar-refractivity contribution in [1.82, 2.24) is 4.90 Å². The second-order valence-corrected chi connectivity index (χ2v) is 12.7. The first-order valence-corrected chi connectivity index (χ1v) is 16.5. The summed E-state index contributed by atoms with van der Waals surface area (Å²) in [5.74, 6) is 0. The minimum atomic E-state index is -4.36. The third-order valence-electron chi connectivity index (χ3n) is 8.05. The van der Waals surface area contributed by atoms with Crippen molar-refractivity contribution < 1.29 is 42.5 Å². The first-order valence-electron chi connectivity index (χ1n) is 15.1. The molecule has 6 heteroatoms. The summed E-state index contributed by atoms with van der Waals surface area (Å²) in [5, 5.41) is 0. The second kappa shape index (κ2) is 20.1. The predicted octanol–water partition coefficient (Wildman–Crippen LogP) is 5.99. The number of rotatable bonds is 24. The van der Waals surface area contributed by atoms with Crippen molar-refractivity contribution in [2.24, 2.45) is 0 Å². The van der Waals surface area contributed by atoms with Crippen LogP contribution in [0.1, 0.15) is 155 Å². The molecular formula is C30H54NNaO3S. The zero-order valence-electron chi connectivity index (χ0n) is 23.8. The first-order chi connectivity index (χ1) is 17.0. The molecule has 36 heavy (non-hydrogen) atoms. The average molecular weight is 532 g/mol. The molecule has 1 unspecified atom stereocenters. The summed E-state index contributed by atoms with van der Waals surface area (Å²) in [6, 6.07) is 0. The van der Waals surface area contributed by atoms with Crippen molar-refractivity contribution in [2.45, 2.75) is 159 Å². The standard InChI is InChI=1S/C30H55NO3S.Na/c1-2-3-4-5-6-7-8-9-10-11-12-13-14-15-16-17-18-19-20-21-22-23-28-31-29-24-26-30(31,27-25-29)35(32,33)34;/h24-26H,2-23,27-28H2,1H3,(H,32,33,34);/q;+1/p-1. The van der Waals surface area contributed by atoms with Gasteiger partial charge in [0.15, 0.2) is 4.87 Å². The molecule has 0 aliphatic carbocycles. The molecule has 0 aromatic heterocycles. The van der Waals surface area contributed by atoms with E-state index in [4.69, 9.17) is 0 Å². The maximum absolute atomic E-state index is 11.8. The summed E-state index contributed by atoms with van der Waals surface area (Å²) in [7, 11) is -4.36. The summed E-state index contributed by atoms with van der Waals surface area (Å²) >= 11 is 0. The number of allylic oxidation sites excluding steroid dienone is 1. The largest absolute Gasteiger partial charge is 1.00 e. The van der Waals surface area contributed by atoms with Crippen LogP contribution in [0.4, 0.5) is 0 Å². The Morgan fingerprint density at radius 2 is 1.06 bits per heavy atom. The zero-order valence-corrected chi connectivity index (χ0v) is 26.6. The number of hydrogen-bond donors (Lipinski definition) is 0. The molecule has 0 saturated heterocycles. The molecule has 0 fully saturated rings. The van der Waals surface area contributed by atoms with Gasteiger partial charge in [-0.15, -0.1) is 0 Å². The van der Waals surface area contributed by atoms with Gasteiger partial charge in [0.2, 0.25) is 0 Å². The van der Waals surface area contributed by atoms with Crippen LogP contribution in [0.25, 0.3) is 0 Å². The third kappa shape index (κ3) is 12.4. The molecule has 0 radical (unpaired) electrons. The van der Waals surface area contributed by atoms with Crippen LogP contribution in [0, 0.1) is 0 Å². The summed E-state index contributed by atoms with van der Waals surface area (Å²) < 4.78 is 35.3. The van der Waals surface area contributed by atoms with E-state index in [0.29, 0.717) is 13.0 Å². The molecule has 0 saturated carbocycles. The fourth-order valence-corrected chi connectivity index (χ4v) is 6.73. The van der Waals surface area contributed by atoms with Crippen LogP contribution in [0.5, 0.6) is 0 Å². The Balaban J connectivity index is 0.00000648. The Labute approximate surface area is 246 Å². The molecule has 0 aromatic carbocycles. The molecule has 0 aromatic rings. The minimum absolute atomic E-state index is 0. The van der Waals surface area contributed by atoms with E-state index in [0.717, 1.165) is 18.5 Å². The molecule has 0 N–H and O–H groups in total. The third-order valence-corrected chi connectivity index (χ3v) is 9.44. The maximum Gasteiger partial charge on any atom is 1.00 e. The van der Waals surface area contributed by atoms with Crippen LogP contribution in [-0.4, -0.2) is 29.3 Å². The first kappa shape index (κ1) is 34.2. The fraction of sp³-hybridized carbons (Fsp3) is 0.867. The fourth-order valence-electron chi connectivity index (χ4n) is 5.74. The van der Waals surface area contributed by atoms with Crippen LogP contribution in [0.15, 0.2) is 23.9 Å². The van der Waals surface area contributed by atoms with Crippen LogP contribution in [0.3, 0.4) is 0 Å². The van der Waals surface area contributed by atoms with Gasteiger partial charge in [-0.2, -0.15) is 0 Å². The summed E-state index contributed by atoms with van der Waals surface area (Å²) in [5.41, 5.74) is 0.910. The van der Waals surface area contributed by atoms with Gasteiger partial charge in [-0.3, -0.25) is 0 Å². The minimum Gasteiger partial charge on any atom is -0.746 e. The Morgan fingerprint density at radius 3 is 1.36 bits per heavy atom. The molecule has 2 aliphatic rings. The molecule has 2 bridgehead atoms. The maximum atomic E-state index is 11.8. The molecular weight excluding hydrogens is 477 g/mol. The van der Waals surface area contributed by atoms with E-state index in [9.17, 15) is 13.0 Å². The molecule has 0 spiro atoms. The van der Waals surface area contributed by atoms with E-state index >= 15 is 0 Å². The van der Waals surface area contributed by atoms with E-state index < -0.39 is 15.0 Å². The summed E-state index contributed by atoms with van der Waals surface area (Å²) in [4.78, 5) is 0.487. The molecule has 2 rings (SSSR count). The van der Waals surface area contributed by atoms with Gasteiger partial charge in [-0.25, -0.2) is 8.42 Å². The normalized spacial score (nSPS) is 18.6.